The van der Waals surface area contributed by atoms with E-state index in [1.54, 1.807) is 0 Å². The lowest BCUT2D eigenvalue weighted by Crippen LogP contribution is -2.50. The molecular weight excluding hydrogens is 218 g/mol. The highest BCUT2D eigenvalue weighted by molar-refractivity contribution is 7.87. The Morgan fingerprint density at radius 2 is 2.20 bits per heavy atom. The quantitative estimate of drug-likeness (QED) is 0.545. The highest BCUT2D eigenvalue weighted by atomic mass is 32.2. The Labute approximate surface area is 89.9 Å². The van der Waals surface area contributed by atoms with E-state index in [9.17, 15) is 8.42 Å². The first kappa shape index (κ1) is 11.3. The Hall–Kier alpha value is -0.210. The van der Waals surface area contributed by atoms with Crippen LogP contribution in [0, 0.1) is 0 Å². The molecule has 0 aromatic carbocycles. The number of morpholine rings is 1. The van der Waals surface area contributed by atoms with E-state index in [4.69, 9.17) is 4.74 Å². The molecule has 1 aliphatic carbocycles. The van der Waals surface area contributed by atoms with Crippen LogP contribution >= 0.6 is 0 Å². The molecule has 7 heteroatoms. The lowest BCUT2D eigenvalue weighted by molar-refractivity contribution is 0.0783. The molecule has 3 N–H and O–H groups in total. The summed E-state index contributed by atoms with van der Waals surface area (Å²) in [4.78, 5) is 0. The summed E-state index contributed by atoms with van der Waals surface area (Å²) >= 11 is 0. The molecule has 1 aliphatic heterocycles. The van der Waals surface area contributed by atoms with Crippen LogP contribution < -0.4 is 14.8 Å². The molecule has 0 aromatic rings. The van der Waals surface area contributed by atoms with Gasteiger partial charge in [-0.2, -0.15) is 13.1 Å². The fourth-order valence-corrected chi connectivity index (χ4v) is 2.60. The van der Waals surface area contributed by atoms with E-state index in [1.165, 1.54) is 0 Å². The average Bonchev–Trinajstić information content (AvgIpc) is 3.00. The van der Waals surface area contributed by atoms with Crippen LogP contribution in [-0.4, -0.2) is 46.8 Å². The van der Waals surface area contributed by atoms with Crippen LogP contribution in [0.1, 0.15) is 12.8 Å². The van der Waals surface area contributed by atoms with Crippen molar-refractivity contribution in [3.05, 3.63) is 0 Å². The number of rotatable bonds is 5. The third kappa shape index (κ3) is 4.04. The van der Waals surface area contributed by atoms with E-state index in [-0.39, 0.29) is 12.1 Å². The normalized spacial score (nSPS) is 27.9. The number of nitrogens with one attached hydrogen (secondary N) is 3. The Morgan fingerprint density at radius 3 is 2.80 bits per heavy atom. The summed E-state index contributed by atoms with van der Waals surface area (Å²) in [7, 11) is -3.31. The molecule has 88 valence electrons. The molecule has 2 rings (SSSR count). The molecule has 0 aromatic heterocycles. The van der Waals surface area contributed by atoms with Gasteiger partial charge >= 0.3 is 0 Å². The predicted octanol–water partition coefficient (Wildman–Crippen LogP) is -1.44. The Balaban J connectivity index is 1.70. The van der Waals surface area contributed by atoms with Crippen molar-refractivity contribution in [2.45, 2.75) is 24.9 Å². The molecule has 0 bridgehead atoms. The van der Waals surface area contributed by atoms with Gasteiger partial charge in [0.1, 0.15) is 0 Å². The number of hydrogen-bond donors (Lipinski definition) is 3. The van der Waals surface area contributed by atoms with Gasteiger partial charge in [0.2, 0.25) is 0 Å². The largest absolute Gasteiger partial charge is 0.378 e. The molecule has 0 spiro atoms. The summed E-state index contributed by atoms with van der Waals surface area (Å²) in [6, 6.07) is 0.229. The maximum Gasteiger partial charge on any atom is 0.277 e. The van der Waals surface area contributed by atoms with Crippen LogP contribution in [0.25, 0.3) is 0 Å². The van der Waals surface area contributed by atoms with Crippen molar-refractivity contribution in [3.8, 4) is 0 Å². The second-order valence-corrected chi connectivity index (χ2v) is 5.50. The minimum absolute atomic E-state index is 0.0783. The summed E-state index contributed by atoms with van der Waals surface area (Å²) in [5.74, 6) is 0. The first-order valence-electron chi connectivity index (χ1n) is 5.24. The van der Waals surface area contributed by atoms with Gasteiger partial charge in [0.25, 0.3) is 10.2 Å². The molecule has 1 unspecified atom stereocenters. The molecule has 15 heavy (non-hydrogen) atoms. The summed E-state index contributed by atoms with van der Waals surface area (Å²) in [5.41, 5.74) is 0. The zero-order valence-electron chi connectivity index (χ0n) is 8.53. The third-order valence-electron chi connectivity index (χ3n) is 2.42. The molecule has 2 fully saturated rings. The van der Waals surface area contributed by atoms with E-state index in [0.717, 1.165) is 19.4 Å². The van der Waals surface area contributed by atoms with Gasteiger partial charge < -0.3 is 10.1 Å². The van der Waals surface area contributed by atoms with Crippen LogP contribution in [0.3, 0.4) is 0 Å². The first-order chi connectivity index (χ1) is 7.16. The Bertz CT molecular complexity index is 296. The fourth-order valence-electron chi connectivity index (χ4n) is 1.42. The molecule has 1 atom stereocenters. The molecule has 0 radical (unpaired) electrons. The van der Waals surface area contributed by atoms with Crippen LogP contribution in [-0.2, 0) is 14.9 Å². The van der Waals surface area contributed by atoms with Gasteiger partial charge in [0.15, 0.2) is 0 Å². The van der Waals surface area contributed by atoms with Crippen LogP contribution in [0.15, 0.2) is 0 Å². The van der Waals surface area contributed by atoms with Crippen molar-refractivity contribution in [2.75, 3.05) is 26.3 Å². The van der Waals surface area contributed by atoms with Crippen molar-refractivity contribution in [3.63, 3.8) is 0 Å². The SMILES string of the molecule is O=S(=O)(NCC1COCCN1)NC1CC1. The second-order valence-electron chi connectivity index (χ2n) is 3.97. The molecule has 1 heterocycles. The molecule has 1 saturated heterocycles. The van der Waals surface area contributed by atoms with Crippen molar-refractivity contribution in [1.82, 2.24) is 14.8 Å². The zero-order chi connectivity index (χ0) is 10.7. The minimum Gasteiger partial charge on any atom is -0.378 e. The highest BCUT2D eigenvalue weighted by Gasteiger charge is 2.27. The monoisotopic (exact) mass is 235 g/mol. The van der Waals surface area contributed by atoms with Gasteiger partial charge in [-0.3, -0.25) is 0 Å². The van der Waals surface area contributed by atoms with Crippen LogP contribution in [0.2, 0.25) is 0 Å². The topological polar surface area (TPSA) is 79.5 Å². The smallest absolute Gasteiger partial charge is 0.277 e. The van der Waals surface area contributed by atoms with Gasteiger partial charge in [0.05, 0.1) is 13.2 Å². The maximum absolute atomic E-state index is 11.4. The Morgan fingerprint density at radius 1 is 1.40 bits per heavy atom. The summed E-state index contributed by atoms with van der Waals surface area (Å²) in [5, 5.41) is 3.18. The predicted molar refractivity (Wildman–Crippen MR) is 55.7 cm³/mol. The van der Waals surface area contributed by atoms with Gasteiger partial charge in [-0.25, -0.2) is 4.72 Å². The van der Waals surface area contributed by atoms with Gasteiger partial charge in [0, 0.05) is 25.2 Å². The fraction of sp³-hybridized carbons (Fsp3) is 1.00. The minimum atomic E-state index is -3.31. The standard InChI is InChI=1S/C8H17N3O3S/c12-15(13,11-7-1-2-7)10-5-8-6-14-4-3-9-8/h7-11H,1-6H2. The van der Waals surface area contributed by atoms with Crippen molar-refractivity contribution >= 4 is 10.2 Å². The van der Waals surface area contributed by atoms with E-state index >= 15 is 0 Å². The molecule has 0 amide bonds. The Kier molecular flexibility index (Phi) is 3.57. The van der Waals surface area contributed by atoms with Gasteiger partial charge in [-0.15, -0.1) is 0 Å². The second kappa shape index (κ2) is 4.75. The van der Waals surface area contributed by atoms with E-state index < -0.39 is 10.2 Å². The number of hydrogen-bond acceptors (Lipinski definition) is 4. The zero-order valence-corrected chi connectivity index (χ0v) is 9.35. The lowest BCUT2D eigenvalue weighted by atomic mass is 10.3. The lowest BCUT2D eigenvalue weighted by Gasteiger charge is -2.23. The maximum atomic E-state index is 11.4. The van der Waals surface area contributed by atoms with Crippen molar-refractivity contribution < 1.29 is 13.2 Å². The molecule has 2 aliphatic rings. The molecule has 1 saturated carbocycles. The number of ether oxygens (including phenoxy) is 1. The van der Waals surface area contributed by atoms with Crippen LogP contribution in [0.5, 0.6) is 0 Å². The van der Waals surface area contributed by atoms with E-state index in [0.29, 0.717) is 19.8 Å². The summed E-state index contributed by atoms with van der Waals surface area (Å²) in [6.07, 6.45) is 1.90. The molecule has 6 nitrogen and oxygen atoms in total. The van der Waals surface area contributed by atoms with Crippen molar-refractivity contribution in [2.24, 2.45) is 0 Å². The average molecular weight is 235 g/mol. The van der Waals surface area contributed by atoms with Gasteiger partial charge in [-0.1, -0.05) is 0 Å². The first-order valence-corrected chi connectivity index (χ1v) is 6.72. The van der Waals surface area contributed by atoms with Crippen molar-refractivity contribution in [1.29, 1.82) is 0 Å². The van der Waals surface area contributed by atoms with Gasteiger partial charge in [-0.05, 0) is 12.8 Å². The van der Waals surface area contributed by atoms with Crippen LogP contribution in [0.4, 0.5) is 0 Å². The summed E-state index contributed by atoms with van der Waals surface area (Å²) < 4.78 is 33.2. The highest BCUT2D eigenvalue weighted by Crippen LogP contribution is 2.19. The molecular formula is C8H17N3O3S. The summed E-state index contributed by atoms with van der Waals surface area (Å²) in [6.45, 7) is 2.42. The third-order valence-corrected chi connectivity index (χ3v) is 3.61. The van der Waals surface area contributed by atoms with E-state index in [1.807, 2.05) is 0 Å². The van der Waals surface area contributed by atoms with E-state index in [2.05, 4.69) is 14.8 Å².